The Balaban J connectivity index is 1.73. The van der Waals surface area contributed by atoms with E-state index in [1.54, 1.807) is 6.92 Å². The third-order valence-electron chi connectivity index (χ3n) is 5.38. The highest BCUT2D eigenvalue weighted by molar-refractivity contribution is 6.02. The Morgan fingerprint density at radius 3 is 2.52 bits per heavy atom. The Morgan fingerprint density at radius 2 is 1.96 bits per heavy atom. The van der Waals surface area contributed by atoms with Gasteiger partial charge in [0.15, 0.2) is 5.78 Å². The molecule has 6 nitrogen and oxygen atoms in total. The number of carbonyl (C=O) groups excluding carboxylic acids is 2. The second-order valence-electron chi connectivity index (χ2n) is 7.13. The molecule has 2 fully saturated rings. The fourth-order valence-corrected chi connectivity index (χ4v) is 4.09. The summed E-state index contributed by atoms with van der Waals surface area (Å²) in [6, 6.07) is 0.505. The maximum atomic E-state index is 13.1. The average molecular weight is 347 g/mol. The van der Waals surface area contributed by atoms with Crippen LogP contribution in [-0.4, -0.2) is 71.9 Å². The van der Waals surface area contributed by atoms with Crippen molar-refractivity contribution in [3.05, 3.63) is 22.5 Å². The maximum absolute atomic E-state index is 13.1. The fraction of sp³-hybridized carbons (Fsp3) is 0.684. The van der Waals surface area contributed by atoms with Gasteiger partial charge in [-0.25, -0.2) is 0 Å². The van der Waals surface area contributed by atoms with Gasteiger partial charge in [0.2, 0.25) is 0 Å². The zero-order valence-electron chi connectivity index (χ0n) is 15.6. The van der Waals surface area contributed by atoms with Crippen LogP contribution >= 0.6 is 0 Å². The smallest absolute Gasteiger partial charge is 0.270 e. The van der Waals surface area contributed by atoms with Crippen LogP contribution in [0.25, 0.3) is 0 Å². The number of hydrogen-bond acceptors (Lipinski definition) is 4. The quantitative estimate of drug-likeness (QED) is 0.828. The number of ketones is 1. The number of nitrogens with zero attached hydrogens (tertiary/aromatic N) is 2. The van der Waals surface area contributed by atoms with Crippen molar-refractivity contribution in [3.63, 3.8) is 0 Å². The van der Waals surface area contributed by atoms with Gasteiger partial charge in [0.25, 0.3) is 5.91 Å². The zero-order valence-corrected chi connectivity index (χ0v) is 15.6. The van der Waals surface area contributed by atoms with Crippen LogP contribution in [0.5, 0.6) is 0 Å². The number of amides is 1. The normalized spacial score (nSPS) is 21.7. The second-order valence-corrected chi connectivity index (χ2v) is 7.13. The van der Waals surface area contributed by atoms with Gasteiger partial charge in [-0.15, -0.1) is 0 Å². The number of carbonyl (C=O) groups is 2. The highest BCUT2D eigenvalue weighted by Crippen LogP contribution is 2.24. The first-order valence-electron chi connectivity index (χ1n) is 9.36. The first-order valence-corrected chi connectivity index (χ1v) is 9.36. The van der Waals surface area contributed by atoms with Gasteiger partial charge in [0.05, 0.1) is 6.61 Å². The van der Waals surface area contributed by atoms with E-state index in [2.05, 4.69) is 16.8 Å². The Hall–Kier alpha value is -1.66. The molecule has 138 valence electrons. The monoisotopic (exact) mass is 347 g/mol. The number of H-pyrrole nitrogens is 1. The third kappa shape index (κ3) is 3.65. The van der Waals surface area contributed by atoms with E-state index in [0.717, 1.165) is 69.9 Å². The largest absolute Gasteiger partial charge is 0.380 e. The van der Waals surface area contributed by atoms with Gasteiger partial charge in [0.1, 0.15) is 5.69 Å². The van der Waals surface area contributed by atoms with E-state index in [1.807, 2.05) is 11.8 Å². The molecule has 1 aromatic rings. The molecule has 2 aliphatic heterocycles. The fourth-order valence-electron chi connectivity index (χ4n) is 4.09. The third-order valence-corrected chi connectivity index (χ3v) is 5.38. The lowest BCUT2D eigenvalue weighted by Crippen LogP contribution is -2.52. The van der Waals surface area contributed by atoms with Gasteiger partial charge >= 0.3 is 0 Å². The lowest BCUT2D eigenvalue weighted by atomic mass is 10.0. The van der Waals surface area contributed by atoms with Crippen LogP contribution in [0.2, 0.25) is 0 Å². The standard InChI is InChI=1S/C19H29N3O3/c1-4-5-16-17(14(3)23)13(2)20-18(16)19(24)22-9-7-21(8-10-22)15-6-11-25-12-15/h15,20H,4-12H2,1-3H3. The summed E-state index contributed by atoms with van der Waals surface area (Å²) in [4.78, 5) is 32.6. The van der Waals surface area contributed by atoms with Crippen molar-refractivity contribution in [3.8, 4) is 0 Å². The molecule has 2 saturated heterocycles. The molecule has 6 heteroatoms. The summed E-state index contributed by atoms with van der Waals surface area (Å²) in [6.07, 6.45) is 2.75. The number of ether oxygens (including phenoxy) is 1. The highest BCUT2D eigenvalue weighted by Gasteiger charge is 2.31. The van der Waals surface area contributed by atoms with Crippen LogP contribution in [0, 0.1) is 6.92 Å². The van der Waals surface area contributed by atoms with E-state index in [1.165, 1.54) is 0 Å². The van der Waals surface area contributed by atoms with E-state index >= 15 is 0 Å². The molecule has 1 amide bonds. The number of piperazine rings is 1. The predicted molar refractivity (Wildman–Crippen MR) is 96.2 cm³/mol. The van der Waals surface area contributed by atoms with Crippen LogP contribution in [0.15, 0.2) is 0 Å². The molecular formula is C19H29N3O3. The zero-order chi connectivity index (χ0) is 18.0. The predicted octanol–water partition coefficient (Wildman–Crippen LogP) is 2.02. The van der Waals surface area contributed by atoms with Crippen LogP contribution in [0.3, 0.4) is 0 Å². The summed E-state index contributed by atoms with van der Waals surface area (Å²) >= 11 is 0. The van der Waals surface area contributed by atoms with Gasteiger partial charge in [-0.3, -0.25) is 14.5 Å². The van der Waals surface area contributed by atoms with Gasteiger partial charge in [-0.05, 0) is 32.3 Å². The summed E-state index contributed by atoms with van der Waals surface area (Å²) in [5.41, 5.74) is 3.01. The molecule has 0 saturated carbocycles. The Labute approximate surface area is 149 Å². The molecule has 2 aliphatic rings. The number of aromatic nitrogens is 1. The van der Waals surface area contributed by atoms with Crippen LogP contribution < -0.4 is 0 Å². The molecule has 0 aromatic carbocycles. The molecule has 0 spiro atoms. The first-order chi connectivity index (χ1) is 12.0. The number of rotatable bonds is 5. The van der Waals surface area contributed by atoms with E-state index in [-0.39, 0.29) is 11.7 Å². The van der Waals surface area contributed by atoms with Crippen molar-refractivity contribution in [2.75, 3.05) is 39.4 Å². The van der Waals surface area contributed by atoms with E-state index in [0.29, 0.717) is 17.3 Å². The molecule has 0 radical (unpaired) electrons. The Bertz CT molecular complexity index is 639. The Kier molecular flexibility index (Phi) is 5.59. The van der Waals surface area contributed by atoms with Crippen LogP contribution in [-0.2, 0) is 11.2 Å². The molecule has 0 bridgehead atoms. The van der Waals surface area contributed by atoms with Gasteiger partial charge in [0, 0.05) is 50.1 Å². The van der Waals surface area contributed by atoms with Crippen LogP contribution in [0.4, 0.5) is 0 Å². The second kappa shape index (κ2) is 7.70. The van der Waals surface area contributed by atoms with Crippen molar-refractivity contribution in [2.45, 2.75) is 46.1 Å². The summed E-state index contributed by atoms with van der Waals surface area (Å²) in [5.74, 6) is 0.0590. The molecule has 3 rings (SSSR count). The number of aryl methyl sites for hydroxylation is 1. The van der Waals surface area contributed by atoms with Crippen molar-refractivity contribution in [1.82, 2.24) is 14.8 Å². The highest BCUT2D eigenvalue weighted by atomic mass is 16.5. The molecular weight excluding hydrogens is 318 g/mol. The van der Waals surface area contributed by atoms with Gasteiger partial charge in [-0.1, -0.05) is 13.3 Å². The SMILES string of the molecule is CCCc1c(C(=O)N2CCN(C3CCOC3)CC2)[nH]c(C)c1C(C)=O. The molecule has 1 unspecified atom stereocenters. The molecule has 1 aromatic heterocycles. The van der Waals surface area contributed by atoms with E-state index in [4.69, 9.17) is 4.74 Å². The summed E-state index contributed by atoms with van der Waals surface area (Å²) in [6.45, 7) is 10.4. The number of hydrogen-bond donors (Lipinski definition) is 1. The summed E-state index contributed by atoms with van der Waals surface area (Å²) < 4.78 is 5.48. The molecule has 3 heterocycles. The topological polar surface area (TPSA) is 65.6 Å². The van der Waals surface area contributed by atoms with Crippen molar-refractivity contribution >= 4 is 11.7 Å². The lowest BCUT2D eigenvalue weighted by molar-refractivity contribution is 0.0543. The molecule has 1 atom stereocenters. The van der Waals surface area contributed by atoms with Gasteiger partial charge < -0.3 is 14.6 Å². The minimum Gasteiger partial charge on any atom is -0.380 e. The summed E-state index contributed by atoms with van der Waals surface area (Å²) in [7, 11) is 0. The molecule has 0 aliphatic carbocycles. The van der Waals surface area contributed by atoms with E-state index < -0.39 is 0 Å². The van der Waals surface area contributed by atoms with Crippen molar-refractivity contribution in [2.24, 2.45) is 0 Å². The maximum Gasteiger partial charge on any atom is 0.270 e. The van der Waals surface area contributed by atoms with Gasteiger partial charge in [-0.2, -0.15) is 0 Å². The number of aromatic amines is 1. The molecule has 1 N–H and O–H groups in total. The molecule has 25 heavy (non-hydrogen) atoms. The van der Waals surface area contributed by atoms with Crippen molar-refractivity contribution < 1.29 is 14.3 Å². The van der Waals surface area contributed by atoms with Crippen LogP contribution in [0.1, 0.15) is 58.8 Å². The number of nitrogens with one attached hydrogen (secondary N) is 1. The lowest BCUT2D eigenvalue weighted by Gasteiger charge is -2.37. The average Bonchev–Trinajstić information content (AvgIpc) is 3.23. The first kappa shape index (κ1) is 18.1. The minimum absolute atomic E-state index is 0.0290. The Morgan fingerprint density at radius 1 is 1.24 bits per heavy atom. The van der Waals surface area contributed by atoms with Crippen molar-refractivity contribution in [1.29, 1.82) is 0 Å². The summed E-state index contributed by atoms with van der Waals surface area (Å²) in [5, 5.41) is 0. The minimum atomic E-state index is 0.0290. The number of Topliss-reactive ketones (excluding diaryl/α,β-unsaturated/α-hetero) is 1. The van der Waals surface area contributed by atoms with E-state index in [9.17, 15) is 9.59 Å².